The number of nitrogens with zero attached hydrogens (tertiary/aromatic N) is 4. The molecule has 1 atom stereocenters. The van der Waals surface area contributed by atoms with Crippen LogP contribution < -0.4 is 5.73 Å². The van der Waals surface area contributed by atoms with Crippen LogP contribution in [0.2, 0.25) is 0 Å². The molecule has 0 bridgehead atoms. The van der Waals surface area contributed by atoms with Crippen molar-refractivity contribution in [1.82, 2.24) is 19.6 Å². The van der Waals surface area contributed by atoms with Gasteiger partial charge < -0.3 is 15.5 Å². The van der Waals surface area contributed by atoms with Gasteiger partial charge in [0, 0.05) is 27.7 Å². The predicted octanol–water partition coefficient (Wildman–Crippen LogP) is 0.00352. The number of carbonyl (C=O) groups is 2. The Morgan fingerprint density at radius 3 is 2.55 bits per heavy atom. The van der Waals surface area contributed by atoms with E-state index in [0.717, 1.165) is 6.42 Å². The summed E-state index contributed by atoms with van der Waals surface area (Å²) in [5, 5.41) is 4.16. The van der Waals surface area contributed by atoms with E-state index < -0.39 is 6.04 Å². The number of hydrogen-bond acceptors (Lipinski definition) is 4. The van der Waals surface area contributed by atoms with E-state index in [1.165, 1.54) is 9.58 Å². The summed E-state index contributed by atoms with van der Waals surface area (Å²) in [6.07, 6.45) is 1.52. The molecule has 1 fully saturated rings. The van der Waals surface area contributed by atoms with Crippen LogP contribution in [0.25, 0.3) is 0 Å². The first kappa shape index (κ1) is 14.4. The zero-order valence-electron chi connectivity index (χ0n) is 12.4. The van der Waals surface area contributed by atoms with Crippen LogP contribution in [0, 0.1) is 6.92 Å². The van der Waals surface area contributed by atoms with Gasteiger partial charge in [0.1, 0.15) is 11.7 Å². The molecule has 0 radical (unpaired) electrons. The lowest BCUT2D eigenvalue weighted by Gasteiger charge is -2.26. The molecule has 20 heavy (non-hydrogen) atoms. The Hall–Kier alpha value is -2.05. The summed E-state index contributed by atoms with van der Waals surface area (Å²) >= 11 is 0. The fourth-order valence-electron chi connectivity index (χ4n) is 2.63. The van der Waals surface area contributed by atoms with E-state index >= 15 is 0 Å². The van der Waals surface area contributed by atoms with Crippen LogP contribution in [-0.4, -0.2) is 58.1 Å². The lowest BCUT2D eigenvalue weighted by molar-refractivity contribution is -0.132. The summed E-state index contributed by atoms with van der Waals surface area (Å²) < 4.78 is 1.49. The SMILES string of the molecule is Cc1nn(C)c(C(=O)N2CCCC2C(=O)N(C)C)c1N. The van der Waals surface area contributed by atoms with Crippen molar-refractivity contribution in [3.63, 3.8) is 0 Å². The van der Waals surface area contributed by atoms with Crippen LogP contribution in [0.15, 0.2) is 0 Å². The smallest absolute Gasteiger partial charge is 0.274 e. The highest BCUT2D eigenvalue weighted by molar-refractivity contribution is 6.00. The number of likely N-dealkylation sites (N-methyl/N-ethyl adjacent to an activating group) is 1. The number of nitrogens with two attached hydrogens (primary N) is 1. The lowest BCUT2D eigenvalue weighted by atomic mass is 10.2. The molecule has 0 spiro atoms. The molecule has 2 N–H and O–H groups in total. The van der Waals surface area contributed by atoms with Gasteiger partial charge in [-0.05, 0) is 19.8 Å². The monoisotopic (exact) mass is 279 g/mol. The van der Waals surface area contributed by atoms with Crippen molar-refractivity contribution < 1.29 is 9.59 Å². The third-order valence-corrected chi connectivity index (χ3v) is 3.71. The molecule has 7 nitrogen and oxygen atoms in total. The maximum absolute atomic E-state index is 12.7. The van der Waals surface area contributed by atoms with Crippen molar-refractivity contribution in [3.8, 4) is 0 Å². The number of aromatic nitrogens is 2. The molecule has 0 saturated carbocycles. The van der Waals surface area contributed by atoms with Crippen molar-refractivity contribution in [2.75, 3.05) is 26.4 Å². The molecule has 1 aromatic rings. The van der Waals surface area contributed by atoms with Crippen LogP contribution in [0.1, 0.15) is 29.0 Å². The molecule has 1 aromatic heterocycles. The van der Waals surface area contributed by atoms with Crippen LogP contribution >= 0.6 is 0 Å². The topological polar surface area (TPSA) is 84.5 Å². The van der Waals surface area contributed by atoms with Crippen LogP contribution in [0.5, 0.6) is 0 Å². The van der Waals surface area contributed by atoms with Crippen molar-refractivity contribution in [2.24, 2.45) is 7.05 Å². The zero-order chi connectivity index (χ0) is 15.0. The van der Waals surface area contributed by atoms with Gasteiger partial charge in [-0.25, -0.2) is 0 Å². The minimum atomic E-state index is -0.396. The van der Waals surface area contributed by atoms with E-state index in [2.05, 4.69) is 5.10 Å². The number of nitrogen functional groups attached to an aromatic ring is 1. The molecule has 1 aliphatic heterocycles. The highest BCUT2D eigenvalue weighted by atomic mass is 16.2. The van der Waals surface area contributed by atoms with Crippen molar-refractivity contribution in [1.29, 1.82) is 0 Å². The molecular formula is C13H21N5O2. The first-order valence-electron chi connectivity index (χ1n) is 6.65. The quantitative estimate of drug-likeness (QED) is 0.826. The second-order valence-corrected chi connectivity index (χ2v) is 5.36. The Bertz CT molecular complexity index is 549. The Labute approximate surface area is 118 Å². The lowest BCUT2D eigenvalue weighted by Crippen LogP contribution is -2.46. The summed E-state index contributed by atoms with van der Waals surface area (Å²) in [7, 11) is 5.09. The van der Waals surface area contributed by atoms with Crippen molar-refractivity contribution in [2.45, 2.75) is 25.8 Å². The fourth-order valence-corrected chi connectivity index (χ4v) is 2.63. The van der Waals surface area contributed by atoms with Gasteiger partial charge in [-0.15, -0.1) is 0 Å². The summed E-state index contributed by atoms with van der Waals surface area (Å²) in [5.74, 6) is -0.267. The second kappa shape index (κ2) is 5.15. The number of anilines is 1. The number of aryl methyl sites for hydroxylation is 2. The van der Waals surface area contributed by atoms with Crippen molar-refractivity contribution in [3.05, 3.63) is 11.4 Å². The van der Waals surface area contributed by atoms with Crippen LogP contribution in [-0.2, 0) is 11.8 Å². The first-order valence-corrected chi connectivity index (χ1v) is 6.65. The predicted molar refractivity (Wildman–Crippen MR) is 75.1 cm³/mol. The van der Waals surface area contributed by atoms with Gasteiger partial charge in [0.25, 0.3) is 5.91 Å². The maximum Gasteiger partial charge on any atom is 0.274 e. The molecule has 1 aliphatic rings. The second-order valence-electron chi connectivity index (χ2n) is 5.36. The van der Waals surface area contributed by atoms with Crippen molar-refractivity contribution >= 4 is 17.5 Å². The molecule has 0 aromatic carbocycles. The molecule has 0 aliphatic carbocycles. The summed E-state index contributed by atoms with van der Waals surface area (Å²) in [4.78, 5) is 27.9. The highest BCUT2D eigenvalue weighted by Crippen LogP contribution is 2.24. The molecule has 2 heterocycles. The van der Waals surface area contributed by atoms with E-state index in [-0.39, 0.29) is 11.8 Å². The average molecular weight is 279 g/mol. The Kier molecular flexibility index (Phi) is 3.69. The third-order valence-electron chi connectivity index (χ3n) is 3.71. The molecule has 1 unspecified atom stereocenters. The Balaban J connectivity index is 2.30. The minimum Gasteiger partial charge on any atom is -0.395 e. The maximum atomic E-state index is 12.7. The van der Waals surface area contributed by atoms with Crippen LogP contribution in [0.3, 0.4) is 0 Å². The summed E-state index contributed by atoms with van der Waals surface area (Å²) in [5.41, 5.74) is 7.31. The minimum absolute atomic E-state index is 0.0479. The molecule has 110 valence electrons. The Morgan fingerprint density at radius 2 is 2.05 bits per heavy atom. The average Bonchev–Trinajstić information content (AvgIpc) is 2.94. The standard InChI is InChI=1S/C13H21N5O2/c1-8-10(14)11(17(4)15-8)13(20)18-7-5-6-9(18)12(19)16(2)3/h9H,5-7,14H2,1-4H3. The van der Waals surface area contributed by atoms with E-state index in [0.29, 0.717) is 30.0 Å². The van der Waals surface area contributed by atoms with Gasteiger partial charge in [-0.3, -0.25) is 14.3 Å². The van der Waals surface area contributed by atoms with Gasteiger partial charge in [0.15, 0.2) is 0 Å². The molecule has 2 amide bonds. The molecule has 1 saturated heterocycles. The molecule has 2 rings (SSSR count). The van der Waals surface area contributed by atoms with E-state index in [4.69, 9.17) is 5.73 Å². The number of amides is 2. The Morgan fingerprint density at radius 1 is 1.40 bits per heavy atom. The van der Waals surface area contributed by atoms with E-state index in [9.17, 15) is 9.59 Å². The number of carbonyl (C=O) groups excluding carboxylic acids is 2. The van der Waals surface area contributed by atoms with Gasteiger partial charge in [0.05, 0.1) is 11.4 Å². The van der Waals surface area contributed by atoms with Gasteiger partial charge in [0.2, 0.25) is 5.91 Å². The molecular weight excluding hydrogens is 258 g/mol. The van der Waals surface area contributed by atoms with Gasteiger partial charge >= 0.3 is 0 Å². The number of likely N-dealkylation sites (tertiary alicyclic amines) is 1. The highest BCUT2D eigenvalue weighted by Gasteiger charge is 2.37. The zero-order valence-corrected chi connectivity index (χ0v) is 12.4. The third kappa shape index (κ3) is 2.23. The van der Waals surface area contributed by atoms with E-state index in [1.54, 1.807) is 33.0 Å². The molecule has 7 heteroatoms. The summed E-state index contributed by atoms with van der Waals surface area (Å²) in [6.45, 7) is 2.34. The number of hydrogen-bond donors (Lipinski definition) is 1. The normalized spacial score (nSPS) is 18.4. The number of rotatable bonds is 2. The van der Waals surface area contributed by atoms with Gasteiger partial charge in [-0.2, -0.15) is 5.10 Å². The van der Waals surface area contributed by atoms with Gasteiger partial charge in [-0.1, -0.05) is 0 Å². The first-order chi connectivity index (χ1) is 9.34. The largest absolute Gasteiger partial charge is 0.395 e. The fraction of sp³-hybridized carbons (Fsp3) is 0.615. The van der Waals surface area contributed by atoms with E-state index in [1.807, 2.05) is 0 Å². The summed E-state index contributed by atoms with van der Waals surface area (Å²) in [6, 6.07) is -0.396. The van der Waals surface area contributed by atoms with Crippen LogP contribution in [0.4, 0.5) is 5.69 Å².